The number of hydrogen-bond acceptors (Lipinski definition) is 6. The summed E-state index contributed by atoms with van der Waals surface area (Å²) in [6.45, 7) is 6.16. The van der Waals surface area contributed by atoms with E-state index in [0.29, 0.717) is 31.0 Å². The second-order valence-corrected chi connectivity index (χ2v) is 8.11. The topological polar surface area (TPSA) is 68.0 Å². The third-order valence-corrected chi connectivity index (χ3v) is 6.08. The molecule has 4 rings (SSSR count). The van der Waals surface area contributed by atoms with Crippen LogP contribution in [-0.2, 0) is 6.61 Å². The van der Waals surface area contributed by atoms with E-state index < -0.39 is 0 Å². The monoisotopic (exact) mass is 435 g/mol. The number of carbonyl (C=O) groups excluding carboxylic acids is 1. The fourth-order valence-corrected chi connectivity index (χ4v) is 4.10. The van der Waals surface area contributed by atoms with Gasteiger partial charge in [0.25, 0.3) is 5.91 Å². The Morgan fingerprint density at radius 1 is 1.16 bits per heavy atom. The van der Waals surface area contributed by atoms with Crippen LogP contribution in [0.25, 0.3) is 0 Å². The van der Waals surface area contributed by atoms with E-state index in [-0.39, 0.29) is 11.9 Å². The van der Waals surface area contributed by atoms with E-state index in [1.165, 1.54) is 0 Å². The Morgan fingerprint density at radius 2 is 1.97 bits per heavy atom. The number of benzene rings is 2. The Labute approximate surface area is 188 Å². The Kier molecular flexibility index (Phi) is 6.46. The van der Waals surface area contributed by atoms with Crippen LogP contribution in [0.15, 0.2) is 53.1 Å². The first-order chi connectivity index (χ1) is 15.5. The zero-order chi connectivity index (χ0) is 22.7. The molecule has 7 nitrogen and oxygen atoms in total. The molecule has 7 heteroatoms. The molecule has 0 N–H and O–H groups in total. The summed E-state index contributed by atoms with van der Waals surface area (Å²) in [6.07, 6.45) is 0. The molecule has 32 heavy (non-hydrogen) atoms. The van der Waals surface area contributed by atoms with Gasteiger partial charge in [0.1, 0.15) is 23.9 Å². The molecule has 0 spiro atoms. The van der Waals surface area contributed by atoms with Gasteiger partial charge in [-0.2, -0.15) is 0 Å². The van der Waals surface area contributed by atoms with Crippen molar-refractivity contribution in [2.75, 3.05) is 33.8 Å². The van der Waals surface area contributed by atoms with Crippen LogP contribution in [0.1, 0.15) is 39.0 Å². The maximum atomic E-state index is 13.3. The van der Waals surface area contributed by atoms with Crippen LogP contribution < -0.4 is 9.47 Å². The minimum Gasteiger partial charge on any atom is -0.496 e. The summed E-state index contributed by atoms with van der Waals surface area (Å²) in [5.41, 5.74) is 3.45. The average Bonchev–Trinajstić information content (AvgIpc) is 3.14. The fraction of sp³-hybridized carbons (Fsp3) is 0.360. The minimum atomic E-state index is 0.000729. The average molecular weight is 436 g/mol. The second-order valence-electron chi connectivity index (χ2n) is 8.11. The zero-order valence-electron chi connectivity index (χ0n) is 19.0. The molecule has 1 fully saturated rings. The van der Waals surface area contributed by atoms with Crippen molar-refractivity contribution in [3.63, 3.8) is 0 Å². The van der Waals surface area contributed by atoms with E-state index in [0.717, 1.165) is 34.9 Å². The molecule has 0 saturated carbocycles. The van der Waals surface area contributed by atoms with Crippen molar-refractivity contribution in [2.24, 2.45) is 0 Å². The van der Waals surface area contributed by atoms with Gasteiger partial charge in [-0.15, -0.1) is 0 Å². The first-order valence-corrected chi connectivity index (χ1v) is 10.7. The predicted molar refractivity (Wildman–Crippen MR) is 121 cm³/mol. The predicted octanol–water partition coefficient (Wildman–Crippen LogP) is 4.01. The highest BCUT2D eigenvalue weighted by molar-refractivity contribution is 5.94. The van der Waals surface area contributed by atoms with Gasteiger partial charge in [-0.05, 0) is 45.2 Å². The van der Waals surface area contributed by atoms with Crippen LogP contribution in [0, 0.1) is 13.8 Å². The molecule has 1 aliphatic rings. The first kappa shape index (κ1) is 21.9. The van der Waals surface area contributed by atoms with E-state index in [4.69, 9.17) is 14.0 Å². The summed E-state index contributed by atoms with van der Waals surface area (Å²) < 4.78 is 16.7. The molecule has 3 aromatic rings. The fourth-order valence-electron chi connectivity index (χ4n) is 4.10. The largest absolute Gasteiger partial charge is 0.496 e. The summed E-state index contributed by atoms with van der Waals surface area (Å²) >= 11 is 0. The van der Waals surface area contributed by atoms with Crippen LogP contribution in [0.4, 0.5) is 0 Å². The van der Waals surface area contributed by atoms with Crippen molar-refractivity contribution in [1.29, 1.82) is 0 Å². The van der Waals surface area contributed by atoms with Crippen molar-refractivity contribution in [3.8, 4) is 11.5 Å². The van der Waals surface area contributed by atoms with Crippen molar-refractivity contribution in [2.45, 2.75) is 26.5 Å². The van der Waals surface area contributed by atoms with Crippen molar-refractivity contribution < 1.29 is 18.8 Å². The van der Waals surface area contributed by atoms with Crippen LogP contribution in [0.3, 0.4) is 0 Å². The number of rotatable bonds is 6. The van der Waals surface area contributed by atoms with E-state index in [1.807, 2.05) is 55.1 Å². The van der Waals surface area contributed by atoms with Gasteiger partial charge < -0.3 is 18.9 Å². The lowest BCUT2D eigenvalue weighted by Crippen LogP contribution is -2.49. The van der Waals surface area contributed by atoms with Gasteiger partial charge in [0.15, 0.2) is 0 Å². The molecule has 1 aliphatic heterocycles. The smallest absolute Gasteiger partial charge is 0.254 e. The third-order valence-electron chi connectivity index (χ3n) is 6.08. The molecule has 1 amide bonds. The number of aromatic nitrogens is 1. The summed E-state index contributed by atoms with van der Waals surface area (Å²) in [7, 11) is 3.76. The highest BCUT2D eigenvalue weighted by Gasteiger charge is 2.30. The summed E-state index contributed by atoms with van der Waals surface area (Å²) in [5, 5.41) is 3.96. The van der Waals surface area contributed by atoms with Crippen LogP contribution in [0.2, 0.25) is 0 Å². The number of aryl methyl sites for hydroxylation is 2. The van der Waals surface area contributed by atoms with Crippen LogP contribution in [0.5, 0.6) is 11.5 Å². The molecule has 0 radical (unpaired) electrons. The SMILES string of the molecule is COc1ccccc1[C@H]1CN(C(=O)c2cccc(OCc3c(C)noc3C)c2)CCN1C. The van der Waals surface area contributed by atoms with Gasteiger partial charge in [0.05, 0.1) is 24.4 Å². The number of hydrogen-bond donors (Lipinski definition) is 0. The van der Waals surface area contributed by atoms with Gasteiger partial charge in [0, 0.05) is 30.8 Å². The summed E-state index contributed by atoms with van der Waals surface area (Å²) in [5.74, 6) is 2.23. The molecule has 2 aromatic carbocycles. The lowest BCUT2D eigenvalue weighted by molar-refractivity contribution is 0.0542. The summed E-state index contributed by atoms with van der Waals surface area (Å²) in [4.78, 5) is 17.5. The minimum absolute atomic E-state index is 0.000729. The molecule has 0 unspecified atom stereocenters. The van der Waals surface area contributed by atoms with E-state index >= 15 is 0 Å². The number of methoxy groups -OCH3 is 1. The number of nitrogens with zero attached hydrogens (tertiary/aromatic N) is 3. The standard InChI is InChI=1S/C25H29N3O4/c1-17-22(18(2)32-26-17)16-31-20-9-7-8-19(14-20)25(29)28-13-12-27(3)23(15-28)21-10-5-6-11-24(21)30-4/h5-11,14,23H,12-13,15-16H2,1-4H3/t23-/m1/s1. The summed E-state index contributed by atoms with van der Waals surface area (Å²) in [6, 6.07) is 15.4. The maximum Gasteiger partial charge on any atom is 0.254 e. The van der Waals surface area contributed by atoms with Crippen molar-refractivity contribution >= 4 is 5.91 Å². The number of para-hydroxylation sites is 1. The molecule has 1 saturated heterocycles. The first-order valence-electron chi connectivity index (χ1n) is 10.7. The molecule has 168 valence electrons. The van der Waals surface area contributed by atoms with Crippen LogP contribution >= 0.6 is 0 Å². The zero-order valence-corrected chi connectivity index (χ0v) is 19.0. The molecule has 0 bridgehead atoms. The molecule has 2 heterocycles. The Hall–Kier alpha value is -3.32. The lowest BCUT2D eigenvalue weighted by Gasteiger charge is -2.40. The molecule has 0 aliphatic carbocycles. The van der Waals surface area contributed by atoms with Crippen LogP contribution in [-0.4, -0.2) is 54.7 Å². The highest BCUT2D eigenvalue weighted by Crippen LogP contribution is 2.31. The lowest BCUT2D eigenvalue weighted by atomic mass is 10.0. The molecule has 1 atom stereocenters. The van der Waals surface area contributed by atoms with Crippen molar-refractivity contribution in [3.05, 3.63) is 76.7 Å². The van der Waals surface area contributed by atoms with Gasteiger partial charge >= 0.3 is 0 Å². The number of piperazine rings is 1. The van der Waals surface area contributed by atoms with E-state index in [1.54, 1.807) is 13.2 Å². The number of carbonyl (C=O) groups is 1. The third kappa shape index (κ3) is 4.48. The molecular formula is C25H29N3O4. The Balaban J connectivity index is 1.48. The van der Waals surface area contributed by atoms with Gasteiger partial charge in [-0.3, -0.25) is 9.69 Å². The molecule has 1 aromatic heterocycles. The highest BCUT2D eigenvalue weighted by atomic mass is 16.5. The number of likely N-dealkylation sites (N-methyl/N-ethyl adjacent to an activating group) is 1. The maximum absolute atomic E-state index is 13.3. The second kappa shape index (κ2) is 9.44. The number of amides is 1. The van der Waals surface area contributed by atoms with Gasteiger partial charge in [-0.25, -0.2) is 0 Å². The Morgan fingerprint density at radius 3 is 2.72 bits per heavy atom. The van der Waals surface area contributed by atoms with E-state index in [9.17, 15) is 4.79 Å². The Bertz CT molecular complexity index is 1070. The molecular weight excluding hydrogens is 406 g/mol. The number of ether oxygens (including phenoxy) is 2. The van der Waals surface area contributed by atoms with Crippen molar-refractivity contribution in [1.82, 2.24) is 15.0 Å². The van der Waals surface area contributed by atoms with E-state index in [2.05, 4.69) is 23.2 Å². The van der Waals surface area contributed by atoms with Gasteiger partial charge in [-0.1, -0.05) is 29.4 Å². The normalized spacial score (nSPS) is 16.8. The quantitative estimate of drug-likeness (QED) is 0.583. The van der Waals surface area contributed by atoms with Gasteiger partial charge in [0.2, 0.25) is 0 Å².